The summed E-state index contributed by atoms with van der Waals surface area (Å²) in [5, 5.41) is 4.23. The van der Waals surface area contributed by atoms with Gasteiger partial charge in [0, 0.05) is 0 Å². The van der Waals surface area contributed by atoms with E-state index in [-0.39, 0.29) is 6.10 Å². The zero-order chi connectivity index (χ0) is 16.7. The van der Waals surface area contributed by atoms with Crippen LogP contribution in [0.3, 0.4) is 0 Å². The van der Waals surface area contributed by atoms with Crippen molar-refractivity contribution in [1.29, 1.82) is 0 Å². The lowest BCUT2D eigenvalue weighted by Crippen LogP contribution is -2.30. The summed E-state index contributed by atoms with van der Waals surface area (Å²) in [7, 11) is 0. The van der Waals surface area contributed by atoms with Gasteiger partial charge >= 0.3 is 12.1 Å². The van der Waals surface area contributed by atoms with E-state index in [2.05, 4.69) is 21.7 Å². The second-order valence-electron chi connectivity index (χ2n) is 5.75. The van der Waals surface area contributed by atoms with Crippen LogP contribution in [0.15, 0.2) is 24.3 Å². The van der Waals surface area contributed by atoms with Crippen LogP contribution in [-0.4, -0.2) is 18.2 Å². The van der Waals surface area contributed by atoms with Crippen molar-refractivity contribution in [1.82, 2.24) is 0 Å². The molecule has 2 unspecified atom stereocenters. The number of rotatable bonds is 5. The fraction of sp³-hybridized carbons (Fsp3) is 0.529. The second-order valence-corrected chi connectivity index (χ2v) is 5.75. The monoisotopic (exact) mass is 322 g/mol. The van der Waals surface area contributed by atoms with Gasteiger partial charge < -0.3 is 4.74 Å². The topological polar surface area (TPSA) is 71.1 Å². The Morgan fingerprint density at radius 3 is 2.48 bits per heavy atom. The van der Waals surface area contributed by atoms with Crippen molar-refractivity contribution in [2.45, 2.75) is 52.1 Å². The number of carbonyl (C=O) groups is 2. The van der Waals surface area contributed by atoms with Crippen molar-refractivity contribution in [3.63, 3.8) is 0 Å². The first kappa shape index (κ1) is 17.3. The third-order valence-corrected chi connectivity index (χ3v) is 4.11. The lowest BCUT2D eigenvalue weighted by Gasteiger charge is -2.29. The summed E-state index contributed by atoms with van der Waals surface area (Å²) in [6.45, 7) is 3.97. The average molecular weight is 322 g/mol. The summed E-state index contributed by atoms with van der Waals surface area (Å²) < 4.78 is 5.22. The third-order valence-electron chi connectivity index (χ3n) is 4.11. The second kappa shape index (κ2) is 8.53. The van der Waals surface area contributed by atoms with E-state index >= 15 is 0 Å². The first-order chi connectivity index (χ1) is 11.1. The van der Waals surface area contributed by atoms with Gasteiger partial charge in [-0.15, -0.1) is 0 Å². The summed E-state index contributed by atoms with van der Waals surface area (Å²) in [4.78, 5) is 32.0. The molecule has 1 aromatic rings. The fourth-order valence-electron chi connectivity index (χ4n) is 2.75. The Morgan fingerprint density at radius 2 is 1.78 bits per heavy atom. The molecule has 23 heavy (non-hydrogen) atoms. The van der Waals surface area contributed by atoms with Gasteiger partial charge in [-0.2, -0.15) is 0 Å². The van der Waals surface area contributed by atoms with Crippen LogP contribution in [0.4, 0.5) is 4.79 Å². The maximum Gasteiger partial charge on any atom is 0.543 e. The highest BCUT2D eigenvalue weighted by Crippen LogP contribution is 2.29. The molecule has 1 aliphatic rings. The van der Waals surface area contributed by atoms with Crippen LogP contribution in [0.25, 0.3) is 0 Å². The van der Waals surface area contributed by atoms with Crippen molar-refractivity contribution in [2.24, 2.45) is 5.92 Å². The smallest absolute Gasteiger partial charge is 0.429 e. The number of benzene rings is 1. The van der Waals surface area contributed by atoms with E-state index in [1.165, 1.54) is 0 Å². The molecule has 0 aliphatic heterocycles. The Kier molecular flexibility index (Phi) is 6.40. The number of aryl methyl sites for hydroxylation is 1. The molecular weight excluding hydrogens is 300 g/mol. The predicted octanol–water partition coefficient (Wildman–Crippen LogP) is 4.12. The molecule has 0 radical (unpaired) electrons. The van der Waals surface area contributed by atoms with E-state index in [1.807, 2.05) is 6.92 Å². The molecule has 1 aliphatic carbocycles. The fourth-order valence-corrected chi connectivity index (χ4v) is 2.75. The lowest BCUT2D eigenvalue weighted by atomic mass is 9.85. The maximum atomic E-state index is 11.6. The zero-order valence-corrected chi connectivity index (χ0v) is 13.4. The summed E-state index contributed by atoms with van der Waals surface area (Å²) in [6.07, 6.45) is 3.82. The predicted molar refractivity (Wildman–Crippen MR) is 81.3 cm³/mol. The first-order valence-electron chi connectivity index (χ1n) is 7.93. The molecule has 1 fully saturated rings. The van der Waals surface area contributed by atoms with Gasteiger partial charge in [0.15, 0.2) is 0 Å². The van der Waals surface area contributed by atoms with Gasteiger partial charge in [-0.25, -0.2) is 14.5 Å². The van der Waals surface area contributed by atoms with Gasteiger partial charge in [0.05, 0.1) is 10.6 Å². The van der Waals surface area contributed by atoms with E-state index < -0.39 is 12.1 Å². The van der Waals surface area contributed by atoms with Crippen LogP contribution in [0.1, 0.15) is 54.9 Å². The van der Waals surface area contributed by atoms with Crippen LogP contribution < -0.4 is 0 Å². The van der Waals surface area contributed by atoms with Crippen LogP contribution in [-0.2, 0) is 19.6 Å². The normalized spacial score (nSPS) is 20.6. The Bertz CT molecular complexity index is 524. The van der Waals surface area contributed by atoms with Gasteiger partial charge in [-0.3, -0.25) is 4.89 Å². The third kappa shape index (κ3) is 5.25. The number of ether oxygens (including phenoxy) is 1. The molecule has 0 aromatic heterocycles. The number of carbonyl (C=O) groups excluding carboxylic acids is 2. The minimum Gasteiger partial charge on any atom is -0.429 e. The minimum atomic E-state index is -0.993. The molecule has 1 aromatic carbocycles. The van der Waals surface area contributed by atoms with Crippen LogP contribution >= 0.6 is 0 Å². The molecule has 0 N–H and O–H groups in total. The molecule has 126 valence electrons. The number of hydrogen-bond acceptors (Lipinski definition) is 6. The summed E-state index contributed by atoms with van der Waals surface area (Å²) in [5.41, 5.74) is 1.31. The van der Waals surface area contributed by atoms with E-state index in [4.69, 9.17) is 4.74 Å². The van der Waals surface area contributed by atoms with E-state index in [0.717, 1.165) is 37.7 Å². The van der Waals surface area contributed by atoms with Crippen LogP contribution in [0.2, 0.25) is 0 Å². The average Bonchev–Trinajstić information content (AvgIpc) is 2.56. The molecule has 1 saturated carbocycles. The molecule has 0 bridgehead atoms. The number of hydrogen-bond donors (Lipinski definition) is 0. The van der Waals surface area contributed by atoms with E-state index in [1.54, 1.807) is 24.3 Å². The molecule has 2 atom stereocenters. The SMILES string of the molecule is CCC1CCCCC1OC(=O)OOOC(=O)c1ccc(C)cc1. The molecule has 0 spiro atoms. The molecule has 6 heteroatoms. The highest BCUT2D eigenvalue weighted by molar-refractivity contribution is 5.88. The largest absolute Gasteiger partial charge is 0.543 e. The van der Waals surface area contributed by atoms with Gasteiger partial charge in [0.1, 0.15) is 6.10 Å². The Hall–Kier alpha value is -2.08. The van der Waals surface area contributed by atoms with E-state index in [9.17, 15) is 9.59 Å². The molecule has 0 saturated heterocycles. The molecule has 6 nitrogen and oxygen atoms in total. The highest BCUT2D eigenvalue weighted by Gasteiger charge is 2.28. The summed E-state index contributed by atoms with van der Waals surface area (Å²) in [5.74, 6) is -0.409. The van der Waals surface area contributed by atoms with Gasteiger partial charge in [-0.05, 0) is 50.7 Å². The maximum absolute atomic E-state index is 11.6. The van der Waals surface area contributed by atoms with E-state index in [0.29, 0.717) is 11.5 Å². The lowest BCUT2D eigenvalue weighted by molar-refractivity contribution is -0.453. The summed E-state index contributed by atoms with van der Waals surface area (Å²) in [6, 6.07) is 6.71. The van der Waals surface area contributed by atoms with Crippen LogP contribution in [0.5, 0.6) is 0 Å². The molecular formula is C17H22O6. The Balaban J connectivity index is 1.72. The van der Waals surface area contributed by atoms with Crippen molar-refractivity contribution < 1.29 is 29.1 Å². The highest BCUT2D eigenvalue weighted by atomic mass is 17.5. The van der Waals surface area contributed by atoms with Crippen molar-refractivity contribution >= 4 is 12.1 Å². The van der Waals surface area contributed by atoms with Crippen molar-refractivity contribution in [3.8, 4) is 0 Å². The van der Waals surface area contributed by atoms with Crippen LogP contribution in [0, 0.1) is 12.8 Å². The Labute approximate surface area is 135 Å². The van der Waals surface area contributed by atoms with Gasteiger partial charge in [-0.1, -0.05) is 31.0 Å². The van der Waals surface area contributed by atoms with Crippen molar-refractivity contribution in [3.05, 3.63) is 35.4 Å². The zero-order valence-electron chi connectivity index (χ0n) is 13.4. The van der Waals surface area contributed by atoms with Gasteiger partial charge in [0.25, 0.3) is 0 Å². The molecule has 0 heterocycles. The standard InChI is InChI=1S/C17H22O6/c1-3-13-6-4-5-7-15(13)20-17(19)22-23-21-16(18)14-10-8-12(2)9-11-14/h8-11,13,15H,3-7H2,1-2H3. The Morgan fingerprint density at radius 1 is 1.09 bits per heavy atom. The molecule has 2 rings (SSSR count). The summed E-state index contributed by atoms with van der Waals surface area (Å²) >= 11 is 0. The minimum absolute atomic E-state index is 0.169. The molecule has 0 amide bonds. The quantitative estimate of drug-likeness (QED) is 0.461. The van der Waals surface area contributed by atoms with Crippen molar-refractivity contribution in [2.75, 3.05) is 0 Å². The first-order valence-corrected chi connectivity index (χ1v) is 7.93. The van der Waals surface area contributed by atoms with Gasteiger partial charge in [0.2, 0.25) is 0 Å².